The summed E-state index contributed by atoms with van der Waals surface area (Å²) in [4.78, 5) is 16.7. The summed E-state index contributed by atoms with van der Waals surface area (Å²) in [6.07, 6.45) is -4.74. The predicted octanol–water partition coefficient (Wildman–Crippen LogP) is 3.72. The van der Waals surface area contributed by atoms with E-state index in [1.807, 2.05) is 0 Å². The number of fused-ring (bicyclic) bond motifs is 1. The standard InChI is InChI=1S/C19H14ClF3N4O2/c1-10(9-28)25-16-11-6-7-15(19(21,22)23)26-17(11)27(18(29)12(16)8-24)14-5-3-2-4-13(14)20/h2-7,10,25,28H,9H2,1H3/t10-/m0/s1. The molecular formula is C19H14ClF3N4O2. The van der Waals surface area contributed by atoms with E-state index in [1.165, 1.54) is 12.1 Å². The van der Waals surface area contributed by atoms with Crippen LogP contribution in [0.25, 0.3) is 16.7 Å². The van der Waals surface area contributed by atoms with Gasteiger partial charge < -0.3 is 10.4 Å². The normalized spacial score (nSPS) is 12.6. The smallest absolute Gasteiger partial charge is 0.394 e. The molecule has 0 unspecified atom stereocenters. The second-order valence-electron chi connectivity index (χ2n) is 6.25. The number of alkyl halides is 3. The third-order valence-electron chi connectivity index (χ3n) is 4.18. The molecule has 29 heavy (non-hydrogen) atoms. The molecule has 0 fully saturated rings. The Balaban J connectivity index is 2.51. The van der Waals surface area contributed by atoms with Crippen molar-refractivity contribution in [1.29, 1.82) is 5.26 Å². The molecule has 1 aromatic carbocycles. The number of aromatic nitrogens is 2. The second-order valence-corrected chi connectivity index (χ2v) is 6.65. The minimum atomic E-state index is -4.74. The Hall–Kier alpha value is -3.09. The fraction of sp³-hybridized carbons (Fsp3) is 0.211. The summed E-state index contributed by atoms with van der Waals surface area (Å²) in [6.45, 7) is 1.26. The second kappa shape index (κ2) is 7.73. The number of halogens is 4. The van der Waals surface area contributed by atoms with Crippen LogP contribution in [0.3, 0.4) is 0 Å². The summed E-state index contributed by atoms with van der Waals surface area (Å²) in [5.74, 6) is 0. The van der Waals surface area contributed by atoms with E-state index in [1.54, 1.807) is 25.1 Å². The van der Waals surface area contributed by atoms with E-state index in [0.29, 0.717) is 0 Å². The Labute approximate surface area is 167 Å². The third kappa shape index (κ3) is 3.77. The molecule has 0 amide bonds. The molecule has 0 aliphatic carbocycles. The molecule has 0 spiro atoms. The first-order valence-electron chi connectivity index (χ1n) is 8.38. The number of hydrogen-bond acceptors (Lipinski definition) is 5. The van der Waals surface area contributed by atoms with Crippen molar-refractivity contribution < 1.29 is 18.3 Å². The van der Waals surface area contributed by atoms with Gasteiger partial charge in [-0.2, -0.15) is 18.4 Å². The Kier molecular flexibility index (Phi) is 5.50. The van der Waals surface area contributed by atoms with Gasteiger partial charge in [0.2, 0.25) is 0 Å². The number of nitrogens with zero attached hydrogens (tertiary/aromatic N) is 3. The molecule has 3 aromatic rings. The first kappa shape index (κ1) is 20.6. The van der Waals surface area contributed by atoms with Crippen molar-refractivity contribution in [3.8, 4) is 11.8 Å². The number of rotatable bonds is 4. The summed E-state index contributed by atoms with van der Waals surface area (Å²) in [6, 6.07) is 9.17. The monoisotopic (exact) mass is 422 g/mol. The van der Waals surface area contributed by atoms with Crippen LogP contribution in [-0.2, 0) is 6.18 Å². The molecule has 0 aliphatic heterocycles. The van der Waals surface area contributed by atoms with E-state index < -0.39 is 23.5 Å². The Morgan fingerprint density at radius 3 is 2.59 bits per heavy atom. The van der Waals surface area contributed by atoms with Crippen LogP contribution in [0.2, 0.25) is 5.02 Å². The molecule has 0 radical (unpaired) electrons. The minimum absolute atomic E-state index is 0.00132. The Morgan fingerprint density at radius 1 is 1.31 bits per heavy atom. The SMILES string of the molecule is C[C@@H](CO)Nc1c(C#N)c(=O)n(-c2ccccc2Cl)c2nc(C(F)(F)F)ccc12. The van der Waals surface area contributed by atoms with Crippen molar-refractivity contribution in [2.24, 2.45) is 0 Å². The highest BCUT2D eigenvalue weighted by molar-refractivity contribution is 6.32. The topological polar surface area (TPSA) is 90.9 Å². The minimum Gasteiger partial charge on any atom is -0.394 e. The zero-order valence-corrected chi connectivity index (χ0v) is 15.7. The van der Waals surface area contributed by atoms with Crippen molar-refractivity contribution in [3.63, 3.8) is 0 Å². The summed E-state index contributed by atoms with van der Waals surface area (Å²) < 4.78 is 40.7. The van der Waals surface area contributed by atoms with E-state index in [0.717, 1.165) is 16.7 Å². The molecule has 1 atom stereocenters. The number of nitrogens with one attached hydrogen (secondary N) is 1. The lowest BCUT2D eigenvalue weighted by atomic mass is 10.1. The van der Waals surface area contributed by atoms with Crippen molar-refractivity contribution in [3.05, 3.63) is 63.0 Å². The van der Waals surface area contributed by atoms with Crippen LogP contribution >= 0.6 is 11.6 Å². The van der Waals surface area contributed by atoms with Crippen molar-refractivity contribution in [2.45, 2.75) is 19.1 Å². The van der Waals surface area contributed by atoms with Gasteiger partial charge >= 0.3 is 6.18 Å². The summed E-state index contributed by atoms with van der Waals surface area (Å²) in [5, 5.41) is 21.9. The summed E-state index contributed by atoms with van der Waals surface area (Å²) in [5.41, 5.74) is -2.64. The lowest BCUT2D eigenvalue weighted by molar-refractivity contribution is -0.141. The van der Waals surface area contributed by atoms with E-state index in [2.05, 4.69) is 10.3 Å². The number of aliphatic hydroxyl groups is 1. The van der Waals surface area contributed by atoms with E-state index in [4.69, 9.17) is 11.6 Å². The average molecular weight is 423 g/mol. The first-order valence-corrected chi connectivity index (χ1v) is 8.76. The highest BCUT2D eigenvalue weighted by Gasteiger charge is 2.33. The molecule has 2 heterocycles. The number of para-hydroxylation sites is 1. The molecule has 0 aliphatic rings. The number of benzene rings is 1. The highest BCUT2D eigenvalue weighted by Crippen LogP contribution is 2.33. The molecule has 0 saturated heterocycles. The lowest BCUT2D eigenvalue weighted by Gasteiger charge is -2.19. The van der Waals surface area contributed by atoms with Crippen LogP contribution in [0, 0.1) is 11.3 Å². The molecule has 2 aromatic heterocycles. The van der Waals surface area contributed by atoms with Gasteiger partial charge in [0, 0.05) is 11.4 Å². The fourth-order valence-corrected chi connectivity index (χ4v) is 3.04. The van der Waals surface area contributed by atoms with Crippen LogP contribution in [-0.4, -0.2) is 27.3 Å². The van der Waals surface area contributed by atoms with Gasteiger partial charge in [-0.25, -0.2) is 4.98 Å². The van der Waals surface area contributed by atoms with Crippen LogP contribution in [0.15, 0.2) is 41.2 Å². The molecule has 150 valence electrons. The maximum Gasteiger partial charge on any atom is 0.433 e. The van der Waals surface area contributed by atoms with Crippen LogP contribution < -0.4 is 10.9 Å². The molecule has 3 rings (SSSR count). The van der Waals surface area contributed by atoms with Gasteiger partial charge in [0.1, 0.15) is 23.0 Å². The van der Waals surface area contributed by atoms with Gasteiger partial charge in [-0.3, -0.25) is 9.36 Å². The number of aliphatic hydroxyl groups excluding tert-OH is 1. The predicted molar refractivity (Wildman–Crippen MR) is 102 cm³/mol. The largest absolute Gasteiger partial charge is 0.433 e. The van der Waals surface area contributed by atoms with Gasteiger partial charge in [-0.15, -0.1) is 0 Å². The number of pyridine rings is 2. The maximum atomic E-state index is 13.3. The number of nitriles is 1. The van der Waals surface area contributed by atoms with Gasteiger partial charge in [0.05, 0.1) is 23.0 Å². The number of anilines is 1. The molecule has 10 heteroatoms. The maximum absolute atomic E-state index is 13.3. The molecule has 0 saturated carbocycles. The third-order valence-corrected chi connectivity index (χ3v) is 4.50. The molecule has 6 nitrogen and oxygen atoms in total. The lowest BCUT2D eigenvalue weighted by Crippen LogP contribution is -2.28. The van der Waals surface area contributed by atoms with Crippen LogP contribution in [0.5, 0.6) is 0 Å². The van der Waals surface area contributed by atoms with Crippen LogP contribution in [0.4, 0.5) is 18.9 Å². The van der Waals surface area contributed by atoms with E-state index in [-0.39, 0.29) is 39.6 Å². The average Bonchev–Trinajstić information content (AvgIpc) is 2.68. The summed E-state index contributed by atoms with van der Waals surface area (Å²) >= 11 is 6.16. The van der Waals surface area contributed by atoms with E-state index in [9.17, 15) is 28.3 Å². The number of hydrogen-bond donors (Lipinski definition) is 2. The zero-order chi connectivity index (χ0) is 21.3. The molecular weight excluding hydrogens is 409 g/mol. The van der Waals surface area contributed by atoms with Gasteiger partial charge in [0.15, 0.2) is 0 Å². The molecule has 2 N–H and O–H groups in total. The van der Waals surface area contributed by atoms with Crippen molar-refractivity contribution in [1.82, 2.24) is 9.55 Å². The first-order chi connectivity index (χ1) is 13.7. The molecule has 0 bridgehead atoms. The highest BCUT2D eigenvalue weighted by atomic mass is 35.5. The van der Waals surface area contributed by atoms with E-state index >= 15 is 0 Å². The van der Waals surface area contributed by atoms with Crippen molar-refractivity contribution >= 4 is 28.3 Å². The van der Waals surface area contributed by atoms with Gasteiger partial charge in [-0.05, 0) is 31.2 Å². The Morgan fingerprint density at radius 2 is 2.00 bits per heavy atom. The summed E-state index contributed by atoms with van der Waals surface area (Å²) in [7, 11) is 0. The Bertz CT molecular complexity index is 1190. The van der Waals surface area contributed by atoms with Gasteiger partial charge in [-0.1, -0.05) is 23.7 Å². The van der Waals surface area contributed by atoms with Crippen molar-refractivity contribution in [2.75, 3.05) is 11.9 Å². The quantitative estimate of drug-likeness (QED) is 0.668. The fourth-order valence-electron chi connectivity index (χ4n) is 2.82. The van der Waals surface area contributed by atoms with Gasteiger partial charge in [0.25, 0.3) is 5.56 Å². The van der Waals surface area contributed by atoms with Crippen LogP contribution in [0.1, 0.15) is 18.2 Å². The zero-order valence-electron chi connectivity index (χ0n) is 15.0.